The van der Waals surface area contributed by atoms with Crippen molar-refractivity contribution in [3.05, 3.63) is 59.7 Å². The fraction of sp³-hybridized carbons (Fsp3) is 0.348. The van der Waals surface area contributed by atoms with E-state index >= 15 is 0 Å². The molecule has 28 heavy (non-hydrogen) atoms. The van der Waals surface area contributed by atoms with Crippen LogP contribution in [0.4, 0.5) is 5.69 Å². The van der Waals surface area contributed by atoms with Crippen LogP contribution in [0.5, 0.6) is 5.75 Å². The maximum absolute atomic E-state index is 13.3. The zero-order valence-electron chi connectivity index (χ0n) is 16.4. The molecule has 3 atom stereocenters. The van der Waals surface area contributed by atoms with Crippen LogP contribution in [0.1, 0.15) is 37.8 Å². The minimum Gasteiger partial charge on any atom is -0.425 e. The van der Waals surface area contributed by atoms with Gasteiger partial charge in [0.2, 0.25) is 5.91 Å². The first-order chi connectivity index (χ1) is 13.2. The number of rotatable bonds is 3. The van der Waals surface area contributed by atoms with Crippen molar-refractivity contribution >= 4 is 23.3 Å². The number of anilines is 1. The third-order valence-corrected chi connectivity index (χ3v) is 5.71. The van der Waals surface area contributed by atoms with Gasteiger partial charge in [0, 0.05) is 22.6 Å². The Balaban J connectivity index is 1.77. The highest BCUT2D eigenvalue weighted by Crippen LogP contribution is 2.70. The average molecular weight is 377 g/mol. The molecule has 1 amide bonds. The number of fused-ring (bicyclic) bond motifs is 3. The molecule has 0 saturated heterocycles. The molecule has 1 aliphatic heterocycles. The van der Waals surface area contributed by atoms with Crippen molar-refractivity contribution in [3.8, 4) is 5.75 Å². The van der Waals surface area contributed by atoms with E-state index in [1.165, 1.54) is 0 Å². The molecule has 2 aromatic rings. The predicted molar refractivity (Wildman–Crippen MR) is 105 cm³/mol. The number of aryl methyl sites for hydroxylation is 1. The zero-order valence-corrected chi connectivity index (χ0v) is 16.4. The van der Waals surface area contributed by atoms with E-state index in [1.54, 1.807) is 24.3 Å². The third-order valence-electron chi connectivity index (χ3n) is 5.71. The van der Waals surface area contributed by atoms with E-state index in [2.05, 4.69) is 5.32 Å². The number of carbonyl (C=O) groups excluding carboxylic acids is 3. The summed E-state index contributed by atoms with van der Waals surface area (Å²) in [6.07, 6.45) is 0. The fourth-order valence-electron chi connectivity index (χ4n) is 4.15. The second-order valence-corrected chi connectivity index (χ2v) is 8.69. The number of carbonyl (C=O) groups is 3. The van der Waals surface area contributed by atoms with E-state index in [1.807, 2.05) is 52.0 Å². The second kappa shape index (κ2) is 6.03. The Morgan fingerprint density at radius 3 is 2.32 bits per heavy atom. The van der Waals surface area contributed by atoms with Crippen LogP contribution in [0.15, 0.2) is 48.5 Å². The Kier molecular flexibility index (Phi) is 3.96. The van der Waals surface area contributed by atoms with Gasteiger partial charge in [-0.2, -0.15) is 0 Å². The molecule has 0 radical (unpaired) electrons. The maximum atomic E-state index is 13.3. The van der Waals surface area contributed by atoms with Gasteiger partial charge < -0.3 is 10.1 Å². The number of para-hydroxylation sites is 1. The molecule has 1 saturated carbocycles. The van der Waals surface area contributed by atoms with Gasteiger partial charge in [-0.3, -0.25) is 14.4 Å². The molecular formula is C23H23NO4. The van der Waals surface area contributed by atoms with E-state index in [0.29, 0.717) is 11.4 Å². The first-order valence-corrected chi connectivity index (χ1v) is 9.41. The number of hydrogen-bond donors (Lipinski definition) is 1. The standard InChI is InChI=1S/C23H23NO4/c1-13-9-11-14(12-10-13)24-20(26)23-17(18(23)19(25)22(2,3)4)15-7-5-6-8-16(15)28-21(23)27/h5-12,17-18H,1-4H3,(H,24,26)/t17-,18+,23-/m0/s1. The summed E-state index contributed by atoms with van der Waals surface area (Å²) in [5.41, 5.74) is 0.207. The molecule has 1 N–H and O–H groups in total. The van der Waals surface area contributed by atoms with E-state index in [-0.39, 0.29) is 5.78 Å². The minimum absolute atomic E-state index is 0.106. The summed E-state index contributed by atoms with van der Waals surface area (Å²) in [5.74, 6) is -2.03. The Hall–Kier alpha value is -2.95. The minimum atomic E-state index is -1.51. The molecule has 5 heteroatoms. The molecule has 1 fully saturated rings. The summed E-state index contributed by atoms with van der Waals surface area (Å²) in [5, 5.41) is 2.83. The predicted octanol–water partition coefficient (Wildman–Crippen LogP) is 3.87. The number of amides is 1. The number of Topliss-reactive ketones (excluding diaryl/α,β-unsaturated/α-hetero) is 1. The highest BCUT2D eigenvalue weighted by atomic mass is 16.5. The molecule has 144 valence electrons. The number of ether oxygens (including phenoxy) is 1. The van der Waals surface area contributed by atoms with E-state index in [9.17, 15) is 14.4 Å². The SMILES string of the molecule is Cc1ccc(NC(=O)[C@]23C(=O)Oc4ccccc4[C@H]2[C@@H]3C(=O)C(C)(C)C)cc1. The van der Waals surface area contributed by atoms with Crippen molar-refractivity contribution in [1.29, 1.82) is 0 Å². The topological polar surface area (TPSA) is 72.5 Å². The van der Waals surface area contributed by atoms with Gasteiger partial charge >= 0.3 is 5.97 Å². The summed E-state index contributed by atoms with van der Waals surface area (Å²) in [7, 11) is 0. The van der Waals surface area contributed by atoms with E-state index in [4.69, 9.17) is 4.74 Å². The Morgan fingerprint density at radius 2 is 1.68 bits per heavy atom. The van der Waals surface area contributed by atoms with Gasteiger partial charge in [0.25, 0.3) is 0 Å². The zero-order chi connectivity index (χ0) is 20.3. The largest absolute Gasteiger partial charge is 0.425 e. The van der Waals surface area contributed by atoms with Crippen molar-refractivity contribution in [2.75, 3.05) is 5.32 Å². The summed E-state index contributed by atoms with van der Waals surface area (Å²) < 4.78 is 5.51. The van der Waals surface area contributed by atoms with Crippen molar-refractivity contribution in [2.24, 2.45) is 16.7 Å². The van der Waals surface area contributed by atoms with Crippen molar-refractivity contribution in [3.63, 3.8) is 0 Å². The highest BCUT2D eigenvalue weighted by molar-refractivity contribution is 6.20. The molecule has 5 nitrogen and oxygen atoms in total. The van der Waals surface area contributed by atoms with Crippen LogP contribution in [-0.4, -0.2) is 17.7 Å². The number of benzene rings is 2. The number of nitrogens with one attached hydrogen (secondary N) is 1. The summed E-state index contributed by atoms with van der Waals surface area (Å²) in [6, 6.07) is 14.5. The van der Waals surface area contributed by atoms with Crippen LogP contribution in [0.3, 0.4) is 0 Å². The van der Waals surface area contributed by atoms with Crippen LogP contribution < -0.4 is 10.1 Å². The second-order valence-electron chi connectivity index (χ2n) is 8.69. The molecule has 2 aliphatic rings. The van der Waals surface area contributed by atoms with E-state index < -0.39 is 34.5 Å². The molecular weight excluding hydrogens is 354 g/mol. The average Bonchev–Trinajstić information content (AvgIpc) is 3.34. The molecule has 1 aliphatic carbocycles. The number of ketones is 1. The lowest BCUT2D eigenvalue weighted by molar-refractivity contribution is -0.149. The lowest BCUT2D eigenvalue weighted by Crippen LogP contribution is -2.41. The van der Waals surface area contributed by atoms with Crippen molar-refractivity contribution in [2.45, 2.75) is 33.6 Å². The van der Waals surface area contributed by atoms with Gasteiger partial charge in [-0.25, -0.2) is 0 Å². The molecule has 0 spiro atoms. The normalized spacial score (nSPS) is 25.2. The first-order valence-electron chi connectivity index (χ1n) is 9.41. The van der Waals surface area contributed by atoms with Gasteiger partial charge in [0.15, 0.2) is 5.41 Å². The summed E-state index contributed by atoms with van der Waals surface area (Å²) in [4.78, 5) is 39.5. The van der Waals surface area contributed by atoms with Gasteiger partial charge in [-0.1, -0.05) is 56.7 Å². The van der Waals surface area contributed by atoms with Crippen molar-refractivity contribution in [1.82, 2.24) is 0 Å². The third kappa shape index (κ3) is 2.57. The molecule has 4 rings (SSSR count). The quantitative estimate of drug-likeness (QED) is 0.501. The summed E-state index contributed by atoms with van der Waals surface area (Å²) >= 11 is 0. The Bertz CT molecular complexity index is 986. The highest BCUT2D eigenvalue weighted by Gasteiger charge is 2.80. The lowest BCUT2D eigenvalue weighted by Gasteiger charge is -2.23. The van der Waals surface area contributed by atoms with Crippen LogP contribution in [0.25, 0.3) is 0 Å². The molecule has 0 bridgehead atoms. The van der Waals surface area contributed by atoms with Gasteiger partial charge in [0.05, 0.1) is 5.92 Å². The molecule has 0 unspecified atom stereocenters. The van der Waals surface area contributed by atoms with Crippen LogP contribution in [-0.2, 0) is 14.4 Å². The number of hydrogen-bond acceptors (Lipinski definition) is 4. The van der Waals surface area contributed by atoms with Crippen LogP contribution in [0, 0.1) is 23.7 Å². The monoisotopic (exact) mass is 377 g/mol. The fourth-order valence-corrected chi connectivity index (χ4v) is 4.15. The number of esters is 1. The van der Waals surface area contributed by atoms with E-state index in [0.717, 1.165) is 11.1 Å². The smallest absolute Gasteiger partial charge is 0.328 e. The molecule has 1 heterocycles. The van der Waals surface area contributed by atoms with Gasteiger partial charge in [0.1, 0.15) is 11.5 Å². The van der Waals surface area contributed by atoms with Gasteiger partial charge in [-0.15, -0.1) is 0 Å². The first kappa shape index (κ1) is 18.4. The van der Waals surface area contributed by atoms with Gasteiger partial charge in [-0.05, 0) is 25.1 Å². The lowest BCUT2D eigenvalue weighted by atomic mass is 9.85. The summed E-state index contributed by atoms with van der Waals surface area (Å²) in [6.45, 7) is 7.38. The Labute approximate surface area is 164 Å². The van der Waals surface area contributed by atoms with Crippen LogP contribution in [0.2, 0.25) is 0 Å². The molecule has 2 aromatic carbocycles. The molecule has 0 aromatic heterocycles. The van der Waals surface area contributed by atoms with Crippen molar-refractivity contribution < 1.29 is 19.1 Å². The van der Waals surface area contributed by atoms with Crippen LogP contribution >= 0.6 is 0 Å². The Morgan fingerprint density at radius 1 is 1.04 bits per heavy atom. The maximum Gasteiger partial charge on any atom is 0.328 e.